The van der Waals surface area contributed by atoms with Crippen LogP contribution in [0.2, 0.25) is 0 Å². The number of hydrogen-bond acceptors (Lipinski definition) is 3. The Morgan fingerprint density at radius 2 is 2.25 bits per heavy atom. The zero-order valence-corrected chi connectivity index (χ0v) is 9.88. The average molecular weight is 225 g/mol. The standard InChI is InChI=1S/C12H19NO3/c1-3-4-5-6-13-8-10-7-11(12(14)15)16-9(10)2/h7,13H,3-6,8H2,1-2H3,(H,14,15). The first-order valence-corrected chi connectivity index (χ1v) is 5.68. The second-order valence-corrected chi connectivity index (χ2v) is 3.88. The maximum atomic E-state index is 10.7. The van der Waals surface area contributed by atoms with Crippen LogP contribution in [0.1, 0.15) is 48.1 Å². The second-order valence-electron chi connectivity index (χ2n) is 3.88. The molecule has 0 spiro atoms. The van der Waals surface area contributed by atoms with Gasteiger partial charge in [0.25, 0.3) is 0 Å². The summed E-state index contributed by atoms with van der Waals surface area (Å²) in [5.74, 6) is -0.316. The molecule has 4 nitrogen and oxygen atoms in total. The molecular weight excluding hydrogens is 206 g/mol. The van der Waals surface area contributed by atoms with E-state index < -0.39 is 5.97 Å². The molecule has 0 fully saturated rings. The van der Waals surface area contributed by atoms with Gasteiger partial charge in [-0.15, -0.1) is 0 Å². The van der Waals surface area contributed by atoms with E-state index >= 15 is 0 Å². The van der Waals surface area contributed by atoms with Crippen molar-refractivity contribution in [1.29, 1.82) is 0 Å². The normalized spacial score (nSPS) is 10.6. The molecule has 0 saturated carbocycles. The molecule has 1 rings (SSSR count). The van der Waals surface area contributed by atoms with Crippen molar-refractivity contribution >= 4 is 5.97 Å². The van der Waals surface area contributed by atoms with Crippen LogP contribution in [-0.2, 0) is 6.54 Å². The summed E-state index contributed by atoms with van der Waals surface area (Å²) in [6, 6.07) is 1.59. The lowest BCUT2D eigenvalue weighted by Crippen LogP contribution is -2.14. The quantitative estimate of drug-likeness (QED) is 0.700. The molecule has 0 radical (unpaired) electrons. The second kappa shape index (κ2) is 6.33. The molecule has 0 aliphatic carbocycles. The molecule has 90 valence electrons. The van der Waals surface area contributed by atoms with Crippen LogP contribution in [0.15, 0.2) is 10.5 Å². The van der Waals surface area contributed by atoms with E-state index in [-0.39, 0.29) is 5.76 Å². The van der Waals surface area contributed by atoms with E-state index in [9.17, 15) is 4.79 Å². The Morgan fingerprint density at radius 1 is 1.50 bits per heavy atom. The van der Waals surface area contributed by atoms with Gasteiger partial charge < -0.3 is 14.8 Å². The third kappa shape index (κ3) is 3.70. The van der Waals surface area contributed by atoms with Gasteiger partial charge in [-0.05, 0) is 26.0 Å². The fraction of sp³-hybridized carbons (Fsp3) is 0.583. The van der Waals surface area contributed by atoms with E-state index in [0.717, 1.165) is 18.5 Å². The number of aromatic carboxylic acids is 1. The van der Waals surface area contributed by atoms with Crippen molar-refractivity contribution < 1.29 is 14.3 Å². The molecule has 1 aromatic heterocycles. The van der Waals surface area contributed by atoms with E-state index in [1.807, 2.05) is 0 Å². The molecule has 0 bridgehead atoms. The Balaban J connectivity index is 2.39. The minimum atomic E-state index is -1.01. The molecule has 0 saturated heterocycles. The van der Waals surface area contributed by atoms with Crippen LogP contribution in [0.3, 0.4) is 0 Å². The first-order chi connectivity index (χ1) is 7.65. The molecule has 0 amide bonds. The highest BCUT2D eigenvalue weighted by Gasteiger charge is 2.12. The van der Waals surface area contributed by atoms with Crippen LogP contribution >= 0.6 is 0 Å². The summed E-state index contributed by atoms with van der Waals surface area (Å²) >= 11 is 0. The summed E-state index contributed by atoms with van der Waals surface area (Å²) in [7, 11) is 0. The number of carboxylic acid groups (broad SMARTS) is 1. The Bertz CT molecular complexity index is 344. The van der Waals surface area contributed by atoms with E-state index in [1.54, 1.807) is 13.0 Å². The summed E-state index contributed by atoms with van der Waals surface area (Å²) in [6.07, 6.45) is 3.58. The topological polar surface area (TPSA) is 62.5 Å². The largest absolute Gasteiger partial charge is 0.475 e. The van der Waals surface area contributed by atoms with Gasteiger partial charge in [-0.3, -0.25) is 0 Å². The third-order valence-corrected chi connectivity index (χ3v) is 2.50. The number of unbranched alkanes of at least 4 members (excludes halogenated alkanes) is 2. The highest BCUT2D eigenvalue weighted by molar-refractivity contribution is 5.84. The van der Waals surface area contributed by atoms with Crippen LogP contribution in [0.25, 0.3) is 0 Å². The zero-order valence-electron chi connectivity index (χ0n) is 9.88. The molecule has 0 atom stereocenters. The lowest BCUT2D eigenvalue weighted by Gasteiger charge is -2.02. The maximum absolute atomic E-state index is 10.7. The molecule has 0 aromatic carbocycles. The zero-order chi connectivity index (χ0) is 12.0. The van der Waals surface area contributed by atoms with Gasteiger partial charge in [-0.1, -0.05) is 19.8 Å². The minimum absolute atomic E-state index is 0.0165. The van der Waals surface area contributed by atoms with Crippen LogP contribution < -0.4 is 5.32 Å². The highest BCUT2D eigenvalue weighted by atomic mass is 16.4. The third-order valence-electron chi connectivity index (χ3n) is 2.50. The fourth-order valence-electron chi connectivity index (χ4n) is 1.52. The monoisotopic (exact) mass is 225 g/mol. The van der Waals surface area contributed by atoms with Crippen molar-refractivity contribution in [2.75, 3.05) is 6.54 Å². The van der Waals surface area contributed by atoms with E-state index in [0.29, 0.717) is 12.3 Å². The van der Waals surface area contributed by atoms with Crippen LogP contribution in [-0.4, -0.2) is 17.6 Å². The maximum Gasteiger partial charge on any atom is 0.371 e. The van der Waals surface area contributed by atoms with E-state index in [1.165, 1.54) is 12.8 Å². The Kier molecular flexibility index (Phi) is 5.05. The lowest BCUT2D eigenvalue weighted by molar-refractivity contribution is 0.0661. The summed E-state index contributed by atoms with van der Waals surface area (Å²) in [5, 5.41) is 12.0. The number of carbonyl (C=O) groups is 1. The number of nitrogens with one attached hydrogen (secondary N) is 1. The molecule has 1 aromatic rings. The van der Waals surface area contributed by atoms with Crippen molar-refractivity contribution in [3.05, 3.63) is 23.2 Å². The van der Waals surface area contributed by atoms with Gasteiger partial charge in [0.05, 0.1) is 0 Å². The van der Waals surface area contributed by atoms with Crippen LogP contribution in [0, 0.1) is 6.92 Å². The smallest absolute Gasteiger partial charge is 0.371 e. The number of rotatable bonds is 7. The van der Waals surface area contributed by atoms with Gasteiger partial charge in [-0.25, -0.2) is 4.79 Å². The molecule has 16 heavy (non-hydrogen) atoms. The Morgan fingerprint density at radius 3 is 2.81 bits per heavy atom. The van der Waals surface area contributed by atoms with Gasteiger partial charge >= 0.3 is 5.97 Å². The van der Waals surface area contributed by atoms with Gasteiger partial charge in [0.1, 0.15) is 5.76 Å². The van der Waals surface area contributed by atoms with Crippen LogP contribution in [0.5, 0.6) is 0 Å². The Labute approximate surface area is 95.7 Å². The predicted molar refractivity (Wildman–Crippen MR) is 61.6 cm³/mol. The van der Waals surface area contributed by atoms with E-state index in [2.05, 4.69) is 12.2 Å². The van der Waals surface area contributed by atoms with Crippen LogP contribution in [0.4, 0.5) is 0 Å². The lowest BCUT2D eigenvalue weighted by atomic mass is 10.2. The number of aryl methyl sites for hydroxylation is 1. The van der Waals surface area contributed by atoms with Gasteiger partial charge in [0, 0.05) is 12.1 Å². The molecule has 4 heteroatoms. The Hall–Kier alpha value is -1.29. The summed E-state index contributed by atoms with van der Waals surface area (Å²) in [6.45, 7) is 5.59. The highest BCUT2D eigenvalue weighted by Crippen LogP contribution is 2.14. The molecule has 1 heterocycles. The molecule has 0 unspecified atom stereocenters. The SMILES string of the molecule is CCCCCNCc1cc(C(=O)O)oc1C. The van der Waals surface area contributed by atoms with Gasteiger partial charge in [0.15, 0.2) is 0 Å². The number of hydrogen-bond donors (Lipinski definition) is 2. The average Bonchev–Trinajstić information content (AvgIpc) is 2.60. The fourth-order valence-corrected chi connectivity index (χ4v) is 1.52. The first kappa shape index (κ1) is 12.8. The van der Waals surface area contributed by atoms with E-state index in [4.69, 9.17) is 9.52 Å². The minimum Gasteiger partial charge on any atom is -0.475 e. The van der Waals surface area contributed by atoms with Crippen molar-refractivity contribution in [1.82, 2.24) is 5.32 Å². The first-order valence-electron chi connectivity index (χ1n) is 5.68. The van der Waals surface area contributed by atoms with Gasteiger partial charge in [-0.2, -0.15) is 0 Å². The number of carboxylic acids is 1. The summed E-state index contributed by atoms with van der Waals surface area (Å²) in [5.41, 5.74) is 0.925. The predicted octanol–water partition coefficient (Wildman–Crippen LogP) is 2.57. The molecule has 2 N–H and O–H groups in total. The van der Waals surface area contributed by atoms with Gasteiger partial charge in [0.2, 0.25) is 5.76 Å². The van der Waals surface area contributed by atoms with Crippen molar-refractivity contribution in [3.8, 4) is 0 Å². The summed E-state index contributed by atoms with van der Waals surface area (Å²) < 4.78 is 5.11. The number of furan rings is 1. The molecular formula is C12H19NO3. The van der Waals surface area contributed by atoms with Crippen molar-refractivity contribution in [3.63, 3.8) is 0 Å². The summed E-state index contributed by atoms with van der Waals surface area (Å²) in [4.78, 5) is 10.7. The molecule has 0 aliphatic rings. The van der Waals surface area contributed by atoms with Crippen molar-refractivity contribution in [2.24, 2.45) is 0 Å². The molecule has 0 aliphatic heterocycles. The van der Waals surface area contributed by atoms with Crippen molar-refractivity contribution in [2.45, 2.75) is 39.7 Å².